The van der Waals surface area contributed by atoms with E-state index in [-0.39, 0.29) is 30.0 Å². The smallest absolute Gasteiger partial charge is 0.238 e. The van der Waals surface area contributed by atoms with Crippen LogP contribution in [0.1, 0.15) is 12.0 Å². The number of benzene rings is 1. The fourth-order valence-corrected chi connectivity index (χ4v) is 4.01. The third-order valence-electron chi connectivity index (χ3n) is 3.33. The highest BCUT2D eigenvalue weighted by Gasteiger charge is 2.27. The molecular weight excluding hydrogens is 300 g/mol. The summed E-state index contributed by atoms with van der Waals surface area (Å²) in [6, 6.07) is 5.17. The third kappa shape index (κ3) is 3.94. The number of carbonyl (C=O) groups excluding carboxylic acids is 1. The molecule has 0 spiro atoms. The van der Waals surface area contributed by atoms with E-state index in [0.29, 0.717) is 17.1 Å². The molecule has 1 aromatic carbocycles. The van der Waals surface area contributed by atoms with Crippen molar-refractivity contribution in [3.05, 3.63) is 28.8 Å². The number of carbonyl (C=O) groups is 1. The minimum Gasteiger partial charge on any atom is -0.325 e. The fraction of sp³-hybridized carbons (Fsp3) is 0.462. The monoisotopic (exact) mass is 316 g/mol. The first-order valence-corrected chi connectivity index (χ1v) is 8.56. The summed E-state index contributed by atoms with van der Waals surface area (Å²) in [5.74, 6) is 0.0931. The third-order valence-corrected chi connectivity index (χ3v) is 5.50. The Morgan fingerprint density at radius 1 is 1.45 bits per heavy atom. The molecule has 1 amide bonds. The number of rotatable bonds is 4. The van der Waals surface area contributed by atoms with E-state index >= 15 is 0 Å². The van der Waals surface area contributed by atoms with Crippen molar-refractivity contribution in [1.82, 2.24) is 5.32 Å². The lowest BCUT2D eigenvalue weighted by Gasteiger charge is -2.12. The highest BCUT2D eigenvalue weighted by molar-refractivity contribution is 7.91. The molecule has 1 fully saturated rings. The maximum absolute atomic E-state index is 11.8. The summed E-state index contributed by atoms with van der Waals surface area (Å²) in [5.41, 5.74) is 1.48. The highest BCUT2D eigenvalue weighted by atomic mass is 35.5. The summed E-state index contributed by atoms with van der Waals surface area (Å²) < 4.78 is 22.6. The number of sulfone groups is 1. The van der Waals surface area contributed by atoms with Crippen molar-refractivity contribution >= 4 is 33.0 Å². The summed E-state index contributed by atoms with van der Waals surface area (Å²) in [5, 5.41) is 6.32. The first-order valence-electron chi connectivity index (χ1n) is 6.36. The van der Waals surface area contributed by atoms with Crippen LogP contribution < -0.4 is 10.6 Å². The Hall–Kier alpha value is -1.11. The minimum absolute atomic E-state index is 0.0894. The first kappa shape index (κ1) is 15.3. The number of anilines is 1. The van der Waals surface area contributed by atoms with E-state index in [4.69, 9.17) is 11.6 Å². The van der Waals surface area contributed by atoms with Gasteiger partial charge in [0.05, 0.1) is 18.1 Å². The number of halogens is 1. The van der Waals surface area contributed by atoms with Gasteiger partial charge in [-0.15, -0.1) is 0 Å². The lowest BCUT2D eigenvalue weighted by atomic mass is 10.2. The Labute approximate surface area is 123 Å². The van der Waals surface area contributed by atoms with E-state index in [2.05, 4.69) is 10.6 Å². The van der Waals surface area contributed by atoms with Crippen LogP contribution in [-0.2, 0) is 14.6 Å². The Morgan fingerprint density at radius 2 is 2.20 bits per heavy atom. The molecule has 0 aliphatic carbocycles. The maximum Gasteiger partial charge on any atom is 0.238 e. The number of hydrogen-bond donors (Lipinski definition) is 2. The van der Waals surface area contributed by atoms with Gasteiger partial charge in [-0.2, -0.15) is 0 Å². The Morgan fingerprint density at radius 3 is 2.85 bits per heavy atom. The van der Waals surface area contributed by atoms with Crippen LogP contribution in [0.4, 0.5) is 5.69 Å². The van der Waals surface area contributed by atoms with Crippen molar-refractivity contribution < 1.29 is 13.2 Å². The van der Waals surface area contributed by atoms with Gasteiger partial charge < -0.3 is 10.6 Å². The molecule has 2 rings (SSSR count). The fourth-order valence-electron chi connectivity index (χ4n) is 2.13. The molecule has 110 valence electrons. The van der Waals surface area contributed by atoms with Gasteiger partial charge >= 0.3 is 0 Å². The highest BCUT2D eigenvalue weighted by Crippen LogP contribution is 2.22. The number of nitrogens with one attached hydrogen (secondary N) is 2. The van der Waals surface area contributed by atoms with Crippen molar-refractivity contribution in [2.75, 3.05) is 23.4 Å². The van der Waals surface area contributed by atoms with Crippen LogP contribution in [0.25, 0.3) is 0 Å². The zero-order valence-electron chi connectivity index (χ0n) is 11.1. The van der Waals surface area contributed by atoms with Crippen LogP contribution in [0.2, 0.25) is 5.02 Å². The van der Waals surface area contributed by atoms with Crippen LogP contribution in [0, 0.1) is 6.92 Å². The molecule has 1 atom stereocenters. The van der Waals surface area contributed by atoms with E-state index in [1.807, 2.05) is 6.92 Å². The second-order valence-corrected chi connectivity index (χ2v) is 7.58. The molecule has 0 aromatic heterocycles. The van der Waals surface area contributed by atoms with Crippen LogP contribution in [0.5, 0.6) is 0 Å². The number of amides is 1. The van der Waals surface area contributed by atoms with Crippen LogP contribution in [0.15, 0.2) is 18.2 Å². The largest absolute Gasteiger partial charge is 0.325 e. The van der Waals surface area contributed by atoms with E-state index < -0.39 is 9.84 Å². The molecule has 2 N–H and O–H groups in total. The SMILES string of the molecule is Cc1c(Cl)cccc1NC(=O)CNC1CCS(=O)(=O)C1. The van der Waals surface area contributed by atoms with Gasteiger partial charge in [0.2, 0.25) is 5.91 Å². The van der Waals surface area contributed by atoms with Gasteiger partial charge in [-0.25, -0.2) is 8.42 Å². The number of hydrogen-bond acceptors (Lipinski definition) is 4. The Bertz CT molecular complexity index is 616. The molecule has 1 heterocycles. The molecule has 0 bridgehead atoms. The molecule has 1 saturated heterocycles. The van der Waals surface area contributed by atoms with Crippen molar-refractivity contribution in [3.63, 3.8) is 0 Å². The predicted octanol–water partition coefficient (Wildman–Crippen LogP) is 1.36. The lowest BCUT2D eigenvalue weighted by Crippen LogP contribution is -2.36. The van der Waals surface area contributed by atoms with E-state index in [1.165, 1.54) is 0 Å². The molecule has 1 aromatic rings. The van der Waals surface area contributed by atoms with Gasteiger partial charge in [0.15, 0.2) is 9.84 Å². The molecule has 1 aliphatic heterocycles. The van der Waals surface area contributed by atoms with Gasteiger partial charge in [0.1, 0.15) is 0 Å². The summed E-state index contributed by atoms with van der Waals surface area (Å²) in [6.07, 6.45) is 0.561. The summed E-state index contributed by atoms with van der Waals surface area (Å²) in [7, 11) is -2.93. The van der Waals surface area contributed by atoms with Crippen molar-refractivity contribution in [1.29, 1.82) is 0 Å². The van der Waals surface area contributed by atoms with Gasteiger partial charge in [-0.3, -0.25) is 4.79 Å². The lowest BCUT2D eigenvalue weighted by molar-refractivity contribution is -0.115. The van der Waals surface area contributed by atoms with Crippen molar-refractivity contribution in [3.8, 4) is 0 Å². The van der Waals surface area contributed by atoms with Gasteiger partial charge in [0, 0.05) is 16.8 Å². The van der Waals surface area contributed by atoms with Crippen molar-refractivity contribution in [2.24, 2.45) is 0 Å². The molecular formula is C13H17ClN2O3S. The van der Waals surface area contributed by atoms with E-state index in [9.17, 15) is 13.2 Å². The molecule has 1 unspecified atom stereocenters. The summed E-state index contributed by atoms with van der Waals surface area (Å²) in [4.78, 5) is 11.8. The molecule has 5 nitrogen and oxygen atoms in total. The molecule has 7 heteroatoms. The van der Waals surface area contributed by atoms with Gasteiger partial charge in [-0.1, -0.05) is 17.7 Å². The van der Waals surface area contributed by atoms with E-state index in [1.54, 1.807) is 18.2 Å². The zero-order valence-corrected chi connectivity index (χ0v) is 12.7. The topological polar surface area (TPSA) is 75.3 Å². The predicted molar refractivity (Wildman–Crippen MR) is 79.9 cm³/mol. The molecule has 0 saturated carbocycles. The first-order chi connectivity index (χ1) is 9.37. The van der Waals surface area contributed by atoms with Crippen LogP contribution in [0.3, 0.4) is 0 Å². The summed E-state index contributed by atoms with van der Waals surface area (Å²) in [6.45, 7) is 1.92. The molecule has 0 radical (unpaired) electrons. The molecule has 1 aliphatic rings. The zero-order chi connectivity index (χ0) is 14.8. The maximum atomic E-state index is 11.8. The minimum atomic E-state index is -2.93. The second-order valence-electron chi connectivity index (χ2n) is 4.94. The second kappa shape index (κ2) is 6.11. The average molecular weight is 317 g/mol. The van der Waals surface area contributed by atoms with Crippen molar-refractivity contribution in [2.45, 2.75) is 19.4 Å². The standard InChI is InChI=1S/C13H17ClN2O3S/c1-9-11(14)3-2-4-12(9)16-13(17)7-15-10-5-6-20(18,19)8-10/h2-4,10,15H,5-8H2,1H3,(H,16,17). The Kier molecular flexibility index (Phi) is 4.67. The van der Waals surface area contributed by atoms with Crippen LogP contribution >= 0.6 is 11.6 Å². The summed E-state index contributed by atoms with van der Waals surface area (Å²) >= 11 is 5.98. The Balaban J connectivity index is 1.86. The van der Waals surface area contributed by atoms with Gasteiger partial charge in [0.25, 0.3) is 0 Å². The average Bonchev–Trinajstić information content (AvgIpc) is 2.72. The van der Waals surface area contributed by atoms with E-state index in [0.717, 1.165) is 5.56 Å². The molecule has 20 heavy (non-hydrogen) atoms. The van der Waals surface area contributed by atoms with Crippen LogP contribution in [-0.4, -0.2) is 38.4 Å². The van der Waals surface area contributed by atoms with Gasteiger partial charge in [-0.05, 0) is 31.0 Å². The quantitative estimate of drug-likeness (QED) is 0.879. The normalized spacial score (nSPS) is 20.8.